The molecule has 2 aliphatic heterocycles. The number of guanidine groups is 1. The van der Waals surface area contributed by atoms with Crippen molar-refractivity contribution < 1.29 is 13.2 Å². The Kier molecular flexibility index (Phi) is 7.70. The minimum absolute atomic E-state index is 0.271. The molecule has 0 aliphatic carbocycles. The van der Waals surface area contributed by atoms with Crippen LogP contribution in [0.5, 0.6) is 0 Å². The number of benzene rings is 1. The van der Waals surface area contributed by atoms with Crippen LogP contribution >= 0.6 is 0 Å². The molecule has 1 N–H and O–H groups in total. The third-order valence-electron chi connectivity index (χ3n) is 5.20. The molecule has 0 amide bonds. The van der Waals surface area contributed by atoms with Gasteiger partial charge in [0.05, 0.1) is 25.5 Å². The summed E-state index contributed by atoms with van der Waals surface area (Å²) >= 11 is 0. The zero-order valence-electron chi connectivity index (χ0n) is 16.7. The fourth-order valence-electron chi connectivity index (χ4n) is 3.71. The van der Waals surface area contributed by atoms with Gasteiger partial charge in [-0.15, -0.1) is 0 Å². The second-order valence-electron chi connectivity index (χ2n) is 7.41. The Bertz CT molecular complexity index is 739. The van der Waals surface area contributed by atoms with Crippen molar-refractivity contribution in [2.75, 3.05) is 51.6 Å². The molecule has 156 valence electrons. The van der Waals surface area contributed by atoms with Crippen molar-refractivity contribution in [3.05, 3.63) is 35.9 Å². The van der Waals surface area contributed by atoms with Gasteiger partial charge in [0.2, 0.25) is 10.0 Å². The molecule has 0 aromatic heterocycles. The predicted octanol–water partition coefficient (Wildman–Crippen LogP) is 1.53. The second-order valence-corrected chi connectivity index (χ2v) is 9.49. The standard InChI is InChI=1S/C20H32N4O3S/c1-2-21-20(22-10-13-24-11-6-14-28(24,25)26)23-12-9-19(15-23)17-27-16-18-7-4-3-5-8-18/h3-5,7-8,19H,2,6,9-17H2,1H3,(H,21,22). The Labute approximate surface area is 168 Å². The fraction of sp³-hybridized carbons (Fsp3) is 0.650. The lowest BCUT2D eigenvalue weighted by atomic mass is 10.1. The Morgan fingerprint density at radius 1 is 1.29 bits per heavy atom. The Morgan fingerprint density at radius 2 is 2.11 bits per heavy atom. The number of sulfonamides is 1. The number of ether oxygens (including phenoxy) is 1. The van der Waals surface area contributed by atoms with E-state index in [4.69, 9.17) is 4.74 Å². The Balaban J connectivity index is 1.45. The number of rotatable bonds is 8. The summed E-state index contributed by atoms with van der Waals surface area (Å²) in [6, 6.07) is 10.2. The quantitative estimate of drug-likeness (QED) is 0.522. The molecule has 0 bridgehead atoms. The highest BCUT2D eigenvalue weighted by Crippen LogP contribution is 2.18. The molecule has 3 rings (SSSR count). The van der Waals surface area contributed by atoms with Crippen LogP contribution in [0, 0.1) is 5.92 Å². The third-order valence-corrected chi connectivity index (χ3v) is 7.16. The summed E-state index contributed by atoms with van der Waals surface area (Å²) in [5.41, 5.74) is 1.20. The first-order valence-electron chi connectivity index (χ1n) is 10.2. The molecular weight excluding hydrogens is 376 g/mol. The fourth-order valence-corrected chi connectivity index (χ4v) is 5.23. The van der Waals surface area contributed by atoms with Gasteiger partial charge in [-0.1, -0.05) is 30.3 Å². The summed E-state index contributed by atoms with van der Waals surface area (Å²) < 4.78 is 31.3. The smallest absolute Gasteiger partial charge is 0.214 e. The van der Waals surface area contributed by atoms with Gasteiger partial charge >= 0.3 is 0 Å². The van der Waals surface area contributed by atoms with E-state index in [-0.39, 0.29) is 5.75 Å². The molecule has 2 aliphatic rings. The molecule has 2 saturated heterocycles. The van der Waals surface area contributed by atoms with Crippen LogP contribution in [0.1, 0.15) is 25.3 Å². The molecule has 0 radical (unpaired) electrons. The summed E-state index contributed by atoms with van der Waals surface area (Å²) in [5, 5.41) is 3.34. The normalized spacial score (nSPS) is 22.7. The molecule has 28 heavy (non-hydrogen) atoms. The first-order valence-corrected chi connectivity index (χ1v) is 11.8. The van der Waals surface area contributed by atoms with Gasteiger partial charge in [-0.3, -0.25) is 4.99 Å². The van der Waals surface area contributed by atoms with Crippen LogP contribution < -0.4 is 5.32 Å². The topological polar surface area (TPSA) is 74.2 Å². The summed E-state index contributed by atoms with van der Waals surface area (Å²) in [7, 11) is -3.04. The molecule has 2 heterocycles. The maximum atomic E-state index is 11.9. The highest BCUT2D eigenvalue weighted by Gasteiger charge is 2.28. The number of nitrogens with one attached hydrogen (secondary N) is 1. The van der Waals surface area contributed by atoms with E-state index in [0.717, 1.165) is 45.0 Å². The largest absolute Gasteiger partial charge is 0.376 e. The lowest BCUT2D eigenvalue weighted by molar-refractivity contribution is 0.0906. The van der Waals surface area contributed by atoms with E-state index in [1.54, 1.807) is 4.31 Å². The molecule has 0 saturated carbocycles. The van der Waals surface area contributed by atoms with Crippen LogP contribution in [-0.4, -0.2) is 75.2 Å². The van der Waals surface area contributed by atoms with Crippen LogP contribution in [0.2, 0.25) is 0 Å². The van der Waals surface area contributed by atoms with Crippen molar-refractivity contribution in [1.82, 2.24) is 14.5 Å². The van der Waals surface area contributed by atoms with E-state index in [1.165, 1.54) is 5.56 Å². The summed E-state index contributed by atoms with van der Waals surface area (Å²) in [6.07, 6.45) is 1.81. The molecule has 1 aromatic carbocycles. The minimum Gasteiger partial charge on any atom is -0.376 e. The van der Waals surface area contributed by atoms with Gasteiger partial charge in [-0.05, 0) is 25.3 Å². The molecule has 1 atom stereocenters. The average molecular weight is 409 g/mol. The second kappa shape index (κ2) is 10.2. The van der Waals surface area contributed by atoms with E-state index >= 15 is 0 Å². The van der Waals surface area contributed by atoms with Crippen LogP contribution in [0.3, 0.4) is 0 Å². The van der Waals surface area contributed by atoms with Gasteiger partial charge in [0, 0.05) is 38.6 Å². The summed E-state index contributed by atoms with van der Waals surface area (Å²) in [4.78, 5) is 6.93. The van der Waals surface area contributed by atoms with Gasteiger partial charge < -0.3 is 15.0 Å². The monoisotopic (exact) mass is 408 g/mol. The van der Waals surface area contributed by atoms with Crippen LogP contribution in [-0.2, 0) is 21.4 Å². The van der Waals surface area contributed by atoms with E-state index in [1.807, 2.05) is 18.2 Å². The molecule has 8 heteroatoms. The van der Waals surface area contributed by atoms with Crippen LogP contribution in [0.4, 0.5) is 0 Å². The highest BCUT2D eigenvalue weighted by atomic mass is 32.2. The zero-order valence-corrected chi connectivity index (χ0v) is 17.5. The minimum atomic E-state index is -3.04. The zero-order chi connectivity index (χ0) is 19.8. The van der Waals surface area contributed by atoms with Crippen molar-refractivity contribution in [2.24, 2.45) is 10.9 Å². The third kappa shape index (κ3) is 5.93. The van der Waals surface area contributed by atoms with Gasteiger partial charge in [0.15, 0.2) is 5.96 Å². The first kappa shape index (κ1) is 21.1. The van der Waals surface area contributed by atoms with E-state index in [0.29, 0.717) is 32.2 Å². The Morgan fingerprint density at radius 3 is 2.82 bits per heavy atom. The maximum Gasteiger partial charge on any atom is 0.214 e. The summed E-state index contributed by atoms with van der Waals surface area (Å²) in [5.74, 6) is 1.64. The number of nitrogens with zero attached hydrogens (tertiary/aromatic N) is 3. The number of aliphatic imine (C=N–C) groups is 1. The molecule has 7 nitrogen and oxygen atoms in total. The lowest BCUT2D eigenvalue weighted by Gasteiger charge is -2.22. The van der Waals surface area contributed by atoms with Crippen molar-refractivity contribution in [1.29, 1.82) is 0 Å². The number of likely N-dealkylation sites (tertiary alicyclic amines) is 1. The van der Waals surface area contributed by atoms with Crippen molar-refractivity contribution in [2.45, 2.75) is 26.4 Å². The van der Waals surface area contributed by atoms with Gasteiger partial charge in [0.25, 0.3) is 0 Å². The van der Waals surface area contributed by atoms with Gasteiger partial charge in [-0.2, -0.15) is 0 Å². The van der Waals surface area contributed by atoms with E-state index < -0.39 is 10.0 Å². The maximum absolute atomic E-state index is 11.9. The highest BCUT2D eigenvalue weighted by molar-refractivity contribution is 7.89. The number of hydrogen-bond acceptors (Lipinski definition) is 4. The molecular formula is C20H32N4O3S. The molecule has 1 aromatic rings. The average Bonchev–Trinajstić information content (AvgIpc) is 3.28. The van der Waals surface area contributed by atoms with Crippen molar-refractivity contribution in [3.63, 3.8) is 0 Å². The van der Waals surface area contributed by atoms with Gasteiger partial charge in [-0.25, -0.2) is 12.7 Å². The van der Waals surface area contributed by atoms with Crippen molar-refractivity contribution in [3.8, 4) is 0 Å². The first-order chi connectivity index (χ1) is 13.6. The van der Waals surface area contributed by atoms with Crippen LogP contribution in [0.25, 0.3) is 0 Å². The van der Waals surface area contributed by atoms with Gasteiger partial charge in [0.1, 0.15) is 0 Å². The van der Waals surface area contributed by atoms with E-state index in [2.05, 4.69) is 34.3 Å². The number of hydrogen-bond donors (Lipinski definition) is 1. The van der Waals surface area contributed by atoms with Crippen molar-refractivity contribution >= 4 is 16.0 Å². The molecule has 0 spiro atoms. The van der Waals surface area contributed by atoms with Crippen LogP contribution in [0.15, 0.2) is 35.3 Å². The predicted molar refractivity (Wildman–Crippen MR) is 112 cm³/mol. The molecule has 2 fully saturated rings. The lowest BCUT2D eigenvalue weighted by Crippen LogP contribution is -2.41. The molecule has 1 unspecified atom stereocenters. The van der Waals surface area contributed by atoms with E-state index in [9.17, 15) is 8.42 Å². The SMILES string of the molecule is CCNC(=NCCN1CCCS1(=O)=O)N1CCC(COCc2ccccc2)C1. The summed E-state index contributed by atoms with van der Waals surface area (Å²) in [6.45, 7) is 7.70. The Hall–Kier alpha value is -1.64.